The van der Waals surface area contributed by atoms with Crippen molar-refractivity contribution in [2.24, 2.45) is 5.73 Å². The van der Waals surface area contributed by atoms with Gasteiger partial charge in [-0.15, -0.1) is 23.2 Å². The van der Waals surface area contributed by atoms with E-state index in [1.54, 1.807) is 0 Å². The van der Waals surface area contributed by atoms with Crippen molar-refractivity contribution in [1.82, 2.24) is 0 Å². The van der Waals surface area contributed by atoms with Crippen LogP contribution in [0.25, 0.3) is 0 Å². The van der Waals surface area contributed by atoms with Gasteiger partial charge in [0.15, 0.2) is 0 Å². The van der Waals surface area contributed by atoms with Crippen LogP contribution in [0, 0.1) is 0 Å². The lowest BCUT2D eigenvalue weighted by Gasteiger charge is -2.26. The van der Waals surface area contributed by atoms with Crippen LogP contribution in [0.3, 0.4) is 0 Å². The summed E-state index contributed by atoms with van der Waals surface area (Å²) in [5.41, 5.74) is 5.43. The third-order valence-electron chi connectivity index (χ3n) is 1.54. The maximum atomic E-state index is 6.02. The molecule has 0 radical (unpaired) electrons. The molecule has 0 saturated carbocycles. The molecule has 1 aliphatic carbocycles. The number of hydrogen-bond acceptors (Lipinski definition) is 1. The Morgan fingerprint density at radius 3 is 2.60 bits per heavy atom. The first-order chi connectivity index (χ1) is 4.69. The van der Waals surface area contributed by atoms with Gasteiger partial charge in [0.2, 0.25) is 0 Å². The molecule has 2 atom stereocenters. The first kappa shape index (κ1) is 8.12. The van der Waals surface area contributed by atoms with E-state index >= 15 is 0 Å². The van der Waals surface area contributed by atoms with Crippen molar-refractivity contribution < 1.29 is 0 Å². The summed E-state index contributed by atoms with van der Waals surface area (Å²) in [6.45, 7) is 0.365. The lowest BCUT2D eigenvalue weighted by Crippen LogP contribution is -2.38. The fourth-order valence-electron chi connectivity index (χ4n) is 0.810. The second kappa shape index (κ2) is 2.95. The molecule has 0 saturated heterocycles. The van der Waals surface area contributed by atoms with Crippen molar-refractivity contribution in [1.29, 1.82) is 0 Å². The van der Waals surface area contributed by atoms with Gasteiger partial charge in [-0.2, -0.15) is 0 Å². The second-order valence-electron chi connectivity index (χ2n) is 2.28. The number of halogens is 2. The fraction of sp³-hybridized carbons (Fsp3) is 0.429. The first-order valence-electron chi connectivity index (χ1n) is 3.08. The highest BCUT2D eigenvalue weighted by Gasteiger charge is 2.30. The molecule has 0 bridgehead atoms. The van der Waals surface area contributed by atoms with Gasteiger partial charge in [-0.3, -0.25) is 0 Å². The Labute approximate surface area is 70.5 Å². The van der Waals surface area contributed by atoms with Crippen molar-refractivity contribution in [3.8, 4) is 0 Å². The minimum atomic E-state index is -0.573. The SMILES string of the molecule is NCC1(Cl)C=CC=CC1Cl. The van der Waals surface area contributed by atoms with Gasteiger partial charge in [0.1, 0.15) is 0 Å². The van der Waals surface area contributed by atoms with Crippen LogP contribution < -0.4 is 5.73 Å². The van der Waals surface area contributed by atoms with E-state index in [1.807, 2.05) is 24.3 Å². The molecule has 0 aromatic rings. The highest BCUT2D eigenvalue weighted by Crippen LogP contribution is 2.28. The molecular weight excluding hydrogens is 169 g/mol. The summed E-state index contributed by atoms with van der Waals surface area (Å²) in [7, 11) is 0. The monoisotopic (exact) mass is 177 g/mol. The Balaban J connectivity index is 2.77. The molecule has 0 aromatic heterocycles. The van der Waals surface area contributed by atoms with E-state index in [2.05, 4.69) is 0 Å². The van der Waals surface area contributed by atoms with Crippen LogP contribution in [-0.4, -0.2) is 16.8 Å². The van der Waals surface area contributed by atoms with E-state index in [0.29, 0.717) is 6.54 Å². The largest absolute Gasteiger partial charge is 0.328 e. The van der Waals surface area contributed by atoms with Crippen molar-refractivity contribution >= 4 is 23.2 Å². The van der Waals surface area contributed by atoms with Gasteiger partial charge < -0.3 is 5.73 Å². The number of alkyl halides is 2. The lowest BCUT2D eigenvalue weighted by atomic mass is 10.00. The Morgan fingerprint density at radius 2 is 2.20 bits per heavy atom. The normalized spacial score (nSPS) is 38.5. The summed E-state index contributed by atoms with van der Waals surface area (Å²) in [5.74, 6) is 0. The molecule has 1 aliphatic rings. The van der Waals surface area contributed by atoms with Gasteiger partial charge in [-0.05, 0) is 0 Å². The summed E-state index contributed by atoms with van der Waals surface area (Å²) >= 11 is 11.9. The molecule has 56 valence electrons. The Bertz CT molecular complexity index is 176. The summed E-state index contributed by atoms with van der Waals surface area (Å²) in [5, 5.41) is -0.191. The molecule has 0 heterocycles. The average molecular weight is 178 g/mol. The molecule has 0 aliphatic heterocycles. The van der Waals surface area contributed by atoms with Crippen molar-refractivity contribution in [3.63, 3.8) is 0 Å². The maximum Gasteiger partial charge on any atom is 0.0948 e. The van der Waals surface area contributed by atoms with Crippen molar-refractivity contribution in [2.45, 2.75) is 10.3 Å². The minimum Gasteiger partial charge on any atom is -0.328 e. The predicted octanol–water partition coefficient (Wildman–Crippen LogP) is 1.66. The van der Waals surface area contributed by atoms with E-state index in [9.17, 15) is 0 Å². The highest BCUT2D eigenvalue weighted by molar-refractivity contribution is 6.34. The van der Waals surface area contributed by atoms with Gasteiger partial charge in [0, 0.05) is 6.54 Å². The van der Waals surface area contributed by atoms with Crippen LogP contribution in [0.15, 0.2) is 24.3 Å². The van der Waals surface area contributed by atoms with Crippen LogP contribution in [0.4, 0.5) is 0 Å². The molecule has 1 rings (SSSR count). The number of rotatable bonds is 1. The second-order valence-corrected chi connectivity index (χ2v) is 3.45. The van der Waals surface area contributed by atoms with E-state index < -0.39 is 4.87 Å². The first-order valence-corrected chi connectivity index (χ1v) is 3.89. The summed E-state index contributed by atoms with van der Waals surface area (Å²) in [6, 6.07) is 0. The topological polar surface area (TPSA) is 26.0 Å². The zero-order valence-electron chi connectivity index (χ0n) is 5.43. The molecule has 2 unspecified atom stereocenters. The summed E-state index contributed by atoms with van der Waals surface area (Å²) < 4.78 is 0. The van der Waals surface area contributed by atoms with E-state index in [0.717, 1.165) is 0 Å². The molecule has 2 N–H and O–H groups in total. The molecule has 0 fully saturated rings. The van der Waals surface area contributed by atoms with Crippen molar-refractivity contribution in [3.05, 3.63) is 24.3 Å². The highest BCUT2D eigenvalue weighted by atomic mass is 35.5. The lowest BCUT2D eigenvalue weighted by molar-refractivity contribution is 0.718. The standard InChI is InChI=1S/C7H9Cl2N/c8-6-3-1-2-4-7(6,9)5-10/h1-4,6H,5,10H2. The summed E-state index contributed by atoms with van der Waals surface area (Å²) in [6.07, 6.45) is 7.39. The van der Waals surface area contributed by atoms with Crippen LogP contribution in [0.5, 0.6) is 0 Å². The van der Waals surface area contributed by atoms with Crippen LogP contribution in [0.2, 0.25) is 0 Å². The Morgan fingerprint density at radius 1 is 1.50 bits per heavy atom. The van der Waals surface area contributed by atoms with Gasteiger partial charge in [0.25, 0.3) is 0 Å². The number of nitrogens with two attached hydrogens (primary N) is 1. The molecule has 1 nitrogen and oxygen atoms in total. The van der Waals surface area contributed by atoms with Gasteiger partial charge in [-0.1, -0.05) is 24.3 Å². The Kier molecular flexibility index (Phi) is 2.40. The third-order valence-corrected chi connectivity index (χ3v) is 2.70. The van der Waals surface area contributed by atoms with E-state index in [4.69, 9.17) is 28.9 Å². The molecular formula is C7H9Cl2N. The molecule has 0 amide bonds. The fourth-order valence-corrected chi connectivity index (χ4v) is 1.20. The van der Waals surface area contributed by atoms with Crippen LogP contribution in [0.1, 0.15) is 0 Å². The van der Waals surface area contributed by atoms with E-state index in [-0.39, 0.29) is 5.38 Å². The van der Waals surface area contributed by atoms with Crippen molar-refractivity contribution in [2.75, 3.05) is 6.54 Å². The maximum absolute atomic E-state index is 6.02. The minimum absolute atomic E-state index is 0.191. The summed E-state index contributed by atoms with van der Waals surface area (Å²) in [4.78, 5) is -0.573. The number of allylic oxidation sites excluding steroid dienone is 3. The molecule has 10 heavy (non-hydrogen) atoms. The molecule has 0 aromatic carbocycles. The smallest absolute Gasteiger partial charge is 0.0948 e. The molecule has 0 spiro atoms. The third kappa shape index (κ3) is 1.36. The van der Waals surface area contributed by atoms with Crippen LogP contribution in [-0.2, 0) is 0 Å². The van der Waals surface area contributed by atoms with Crippen LogP contribution >= 0.6 is 23.2 Å². The zero-order chi connectivity index (χ0) is 7.61. The Hall–Kier alpha value is 0.0200. The zero-order valence-corrected chi connectivity index (χ0v) is 6.94. The van der Waals surface area contributed by atoms with Gasteiger partial charge >= 0.3 is 0 Å². The molecule has 3 heteroatoms. The van der Waals surface area contributed by atoms with Gasteiger partial charge in [-0.25, -0.2) is 0 Å². The average Bonchev–Trinajstić information content (AvgIpc) is 1.96. The van der Waals surface area contributed by atoms with Gasteiger partial charge in [0.05, 0.1) is 10.3 Å². The number of hydrogen-bond donors (Lipinski definition) is 1. The predicted molar refractivity (Wildman–Crippen MR) is 45.6 cm³/mol. The quantitative estimate of drug-likeness (QED) is 0.607. The van der Waals surface area contributed by atoms with E-state index in [1.165, 1.54) is 0 Å².